The van der Waals surface area contributed by atoms with Gasteiger partial charge in [-0.05, 0) is 13.3 Å². The molecule has 0 saturated carbocycles. The Morgan fingerprint density at radius 3 is 2.74 bits per heavy atom. The van der Waals surface area contributed by atoms with Gasteiger partial charge in [-0.25, -0.2) is 4.79 Å². The quantitative estimate of drug-likeness (QED) is 0.640. The molecule has 1 unspecified atom stereocenters. The van der Waals surface area contributed by atoms with Gasteiger partial charge < -0.3 is 24.6 Å². The van der Waals surface area contributed by atoms with Crippen LogP contribution in [0.4, 0.5) is 5.82 Å². The molecule has 9 nitrogen and oxygen atoms in total. The van der Waals surface area contributed by atoms with Crippen molar-refractivity contribution in [3.05, 3.63) is 22.2 Å². The van der Waals surface area contributed by atoms with Crippen molar-refractivity contribution < 1.29 is 24.1 Å². The second-order valence-electron chi connectivity index (χ2n) is 6.90. The first-order chi connectivity index (χ1) is 12.8. The fraction of sp³-hybridized carbons (Fsp3) is 0.722. The molecule has 9 heteroatoms. The second kappa shape index (κ2) is 9.41. The average Bonchev–Trinajstić information content (AvgIpc) is 2.93. The predicted octanol–water partition coefficient (Wildman–Crippen LogP) is 0.846. The minimum Gasteiger partial charge on any atom is -0.388 e. The van der Waals surface area contributed by atoms with Crippen molar-refractivity contribution in [1.82, 2.24) is 9.55 Å². The van der Waals surface area contributed by atoms with Crippen molar-refractivity contribution in [1.29, 1.82) is 0 Å². The first-order valence-corrected chi connectivity index (χ1v) is 9.14. The maximum Gasteiger partial charge on any atom is 0.351 e. The summed E-state index contributed by atoms with van der Waals surface area (Å²) in [7, 11) is 1.55. The number of aliphatic hydroxyl groups excluding tert-OH is 1. The summed E-state index contributed by atoms with van der Waals surface area (Å²) in [6.07, 6.45) is -0.714. The van der Waals surface area contributed by atoms with Crippen LogP contribution in [0.25, 0.3) is 0 Å². The van der Waals surface area contributed by atoms with Gasteiger partial charge in [-0.1, -0.05) is 20.8 Å². The van der Waals surface area contributed by atoms with E-state index in [1.807, 2.05) is 6.92 Å². The minimum absolute atomic E-state index is 0.220. The lowest BCUT2D eigenvalue weighted by atomic mass is 10.1. The predicted molar refractivity (Wildman–Crippen MR) is 98.5 cm³/mol. The topological polar surface area (TPSA) is 112 Å². The van der Waals surface area contributed by atoms with Crippen molar-refractivity contribution in [3.63, 3.8) is 0 Å². The van der Waals surface area contributed by atoms with E-state index in [2.05, 4.69) is 10.3 Å². The summed E-state index contributed by atoms with van der Waals surface area (Å²) in [6.45, 7) is 7.76. The molecule has 2 N–H and O–H groups in total. The molecule has 152 valence electrons. The van der Waals surface area contributed by atoms with E-state index in [-0.39, 0.29) is 24.2 Å². The molecule has 2 rings (SSSR count). The fourth-order valence-corrected chi connectivity index (χ4v) is 2.86. The highest BCUT2D eigenvalue weighted by Gasteiger charge is 2.45. The van der Waals surface area contributed by atoms with E-state index in [9.17, 15) is 14.7 Å². The van der Waals surface area contributed by atoms with E-state index in [4.69, 9.17) is 14.2 Å². The van der Waals surface area contributed by atoms with Crippen molar-refractivity contribution in [2.75, 3.05) is 25.6 Å². The molecular formula is C18H29N3O6. The van der Waals surface area contributed by atoms with Crippen molar-refractivity contribution in [2.45, 2.75) is 58.7 Å². The Labute approximate surface area is 158 Å². The summed E-state index contributed by atoms with van der Waals surface area (Å²) in [6, 6.07) is 0. The molecule has 1 aliphatic rings. The van der Waals surface area contributed by atoms with Gasteiger partial charge in [0.05, 0.1) is 19.3 Å². The summed E-state index contributed by atoms with van der Waals surface area (Å²) in [5, 5.41) is 13.1. The first kappa shape index (κ1) is 21.5. The van der Waals surface area contributed by atoms with Gasteiger partial charge in [0.2, 0.25) is 5.91 Å². The SMILES string of the molecule is CC[C@H]1O[C@@H](n2cc(C)c(NC(=O)C(C)C)nc2=O)C(OCCOC)[C@H]1O. The molecule has 1 fully saturated rings. The molecule has 1 saturated heterocycles. The smallest absolute Gasteiger partial charge is 0.351 e. The number of carbonyl (C=O) groups is 1. The van der Waals surface area contributed by atoms with Crippen LogP contribution in [0.5, 0.6) is 0 Å². The number of amides is 1. The number of aliphatic hydroxyl groups is 1. The Balaban J connectivity index is 2.30. The number of ether oxygens (including phenoxy) is 3. The Kier molecular flexibility index (Phi) is 7.49. The summed E-state index contributed by atoms with van der Waals surface area (Å²) in [5.74, 6) is -0.231. The molecule has 0 spiro atoms. The van der Waals surface area contributed by atoms with Crippen LogP contribution in [0.2, 0.25) is 0 Å². The van der Waals surface area contributed by atoms with Crippen LogP contribution in [0, 0.1) is 12.8 Å². The molecular weight excluding hydrogens is 354 g/mol. The number of hydrogen-bond donors (Lipinski definition) is 2. The third-order valence-corrected chi connectivity index (χ3v) is 4.49. The third kappa shape index (κ3) is 4.92. The van der Waals surface area contributed by atoms with Crippen LogP contribution in [0.15, 0.2) is 11.0 Å². The number of hydrogen-bond acceptors (Lipinski definition) is 7. The molecule has 2 heterocycles. The van der Waals surface area contributed by atoms with E-state index in [0.717, 1.165) is 0 Å². The van der Waals surface area contributed by atoms with Gasteiger partial charge in [0.1, 0.15) is 18.0 Å². The van der Waals surface area contributed by atoms with Crippen molar-refractivity contribution in [3.8, 4) is 0 Å². The van der Waals surface area contributed by atoms with Crippen LogP contribution in [0.1, 0.15) is 39.0 Å². The summed E-state index contributed by atoms with van der Waals surface area (Å²) in [4.78, 5) is 28.4. The first-order valence-electron chi connectivity index (χ1n) is 9.14. The monoisotopic (exact) mass is 383 g/mol. The van der Waals surface area contributed by atoms with E-state index < -0.39 is 30.2 Å². The number of nitrogens with one attached hydrogen (secondary N) is 1. The van der Waals surface area contributed by atoms with E-state index >= 15 is 0 Å². The van der Waals surface area contributed by atoms with Gasteiger partial charge in [-0.2, -0.15) is 4.98 Å². The zero-order valence-electron chi connectivity index (χ0n) is 16.5. The van der Waals surface area contributed by atoms with Crippen molar-refractivity contribution >= 4 is 11.7 Å². The lowest BCUT2D eigenvalue weighted by molar-refractivity contribution is -0.118. The maximum atomic E-state index is 12.6. The standard InChI is InChI=1S/C18H29N3O6/c1-6-12-13(22)14(26-8-7-25-5)17(27-12)21-9-11(4)15(20-18(21)24)19-16(23)10(2)3/h9-10,12-14,17,22H,6-8H2,1-5H3,(H,19,20,23,24)/t12-,13+,14?,17-/m1/s1. The highest BCUT2D eigenvalue weighted by Crippen LogP contribution is 2.32. The van der Waals surface area contributed by atoms with Crippen LogP contribution in [0.3, 0.4) is 0 Å². The minimum atomic E-state index is -0.871. The maximum absolute atomic E-state index is 12.6. The van der Waals surface area contributed by atoms with Crippen LogP contribution in [-0.4, -0.2) is 59.2 Å². The van der Waals surface area contributed by atoms with Gasteiger partial charge in [-0.15, -0.1) is 0 Å². The second-order valence-corrected chi connectivity index (χ2v) is 6.90. The molecule has 0 bridgehead atoms. The Hall–Kier alpha value is -1.81. The molecule has 1 amide bonds. The molecule has 1 aromatic rings. The average molecular weight is 383 g/mol. The normalized spacial score (nSPS) is 25.1. The lowest BCUT2D eigenvalue weighted by Gasteiger charge is -2.23. The Morgan fingerprint density at radius 1 is 1.44 bits per heavy atom. The number of anilines is 1. The van der Waals surface area contributed by atoms with Gasteiger partial charge in [0.25, 0.3) is 0 Å². The van der Waals surface area contributed by atoms with Gasteiger partial charge >= 0.3 is 5.69 Å². The van der Waals surface area contributed by atoms with Crippen LogP contribution < -0.4 is 11.0 Å². The number of aromatic nitrogens is 2. The molecule has 1 aromatic heterocycles. The highest BCUT2D eigenvalue weighted by atomic mass is 16.6. The van der Waals surface area contributed by atoms with Crippen LogP contribution in [-0.2, 0) is 19.0 Å². The fourth-order valence-electron chi connectivity index (χ4n) is 2.86. The zero-order valence-corrected chi connectivity index (χ0v) is 16.5. The van der Waals surface area contributed by atoms with Gasteiger partial charge in [0, 0.05) is 24.8 Å². The number of rotatable bonds is 8. The molecule has 4 atom stereocenters. The Bertz CT molecular complexity index is 705. The highest BCUT2D eigenvalue weighted by molar-refractivity contribution is 5.91. The molecule has 27 heavy (non-hydrogen) atoms. The number of nitrogens with zero attached hydrogens (tertiary/aromatic N) is 2. The van der Waals surface area contributed by atoms with Gasteiger partial charge in [-0.3, -0.25) is 9.36 Å². The Morgan fingerprint density at radius 2 is 2.15 bits per heavy atom. The summed E-state index contributed by atoms with van der Waals surface area (Å²) < 4.78 is 17.9. The van der Waals surface area contributed by atoms with Gasteiger partial charge in [0.15, 0.2) is 6.23 Å². The molecule has 1 aliphatic heterocycles. The van der Waals surface area contributed by atoms with E-state index in [1.54, 1.807) is 34.1 Å². The molecule has 0 aliphatic carbocycles. The number of aryl methyl sites for hydroxylation is 1. The number of methoxy groups -OCH3 is 1. The van der Waals surface area contributed by atoms with E-state index in [0.29, 0.717) is 18.6 Å². The third-order valence-electron chi connectivity index (χ3n) is 4.49. The summed E-state index contributed by atoms with van der Waals surface area (Å²) >= 11 is 0. The van der Waals surface area contributed by atoms with Crippen molar-refractivity contribution in [2.24, 2.45) is 5.92 Å². The van der Waals surface area contributed by atoms with Crippen LogP contribution >= 0.6 is 0 Å². The largest absolute Gasteiger partial charge is 0.388 e. The number of carbonyl (C=O) groups excluding carboxylic acids is 1. The van der Waals surface area contributed by atoms with E-state index in [1.165, 1.54) is 4.57 Å². The lowest BCUT2D eigenvalue weighted by Crippen LogP contribution is -2.38. The zero-order chi connectivity index (χ0) is 20.1. The molecule has 0 radical (unpaired) electrons. The summed E-state index contributed by atoms with van der Waals surface area (Å²) in [5.41, 5.74) is 0.0197. The molecule has 0 aromatic carbocycles.